The second-order valence-electron chi connectivity index (χ2n) is 8.48. The highest BCUT2D eigenvalue weighted by atomic mass is 35.5. The number of anilines is 1. The lowest BCUT2D eigenvalue weighted by molar-refractivity contribution is -0.137. The van der Waals surface area contributed by atoms with E-state index < -0.39 is 11.7 Å². The number of aromatic nitrogens is 1. The number of amides is 1. The van der Waals surface area contributed by atoms with Crippen LogP contribution in [0.15, 0.2) is 36.5 Å². The van der Waals surface area contributed by atoms with Gasteiger partial charge in [0, 0.05) is 23.1 Å². The van der Waals surface area contributed by atoms with Crippen LogP contribution in [0.5, 0.6) is 5.75 Å². The first-order valence-corrected chi connectivity index (χ1v) is 10.9. The van der Waals surface area contributed by atoms with E-state index in [1.54, 1.807) is 18.2 Å². The molecule has 0 radical (unpaired) electrons. The molecular weight excluding hydrogens is 429 g/mol. The number of nitrogens with one attached hydrogen (secondary N) is 1. The molecule has 4 nitrogen and oxygen atoms in total. The van der Waals surface area contributed by atoms with Crippen LogP contribution in [0.2, 0.25) is 5.02 Å². The molecule has 1 N–H and O–H groups in total. The lowest BCUT2D eigenvalue weighted by Gasteiger charge is -2.38. The maximum atomic E-state index is 13.0. The van der Waals surface area contributed by atoms with Crippen molar-refractivity contribution < 1.29 is 22.7 Å². The van der Waals surface area contributed by atoms with Crippen molar-refractivity contribution in [3.8, 4) is 5.75 Å². The Bertz CT molecular complexity index is 954. The van der Waals surface area contributed by atoms with E-state index in [2.05, 4.69) is 10.3 Å². The Morgan fingerprint density at radius 1 is 1.29 bits per heavy atom. The van der Waals surface area contributed by atoms with E-state index in [-0.39, 0.29) is 23.2 Å². The molecule has 1 aliphatic carbocycles. The molecule has 2 heterocycles. The molecule has 4 rings (SSSR count). The van der Waals surface area contributed by atoms with E-state index >= 15 is 0 Å². The second-order valence-corrected chi connectivity index (χ2v) is 8.92. The van der Waals surface area contributed by atoms with Crippen molar-refractivity contribution in [1.82, 2.24) is 4.98 Å². The van der Waals surface area contributed by atoms with E-state index in [1.807, 2.05) is 6.92 Å². The fraction of sp³-hybridized carbons (Fsp3) is 0.478. The molecular formula is C23H24ClF3N2O2. The van der Waals surface area contributed by atoms with Gasteiger partial charge in [0.1, 0.15) is 11.6 Å². The van der Waals surface area contributed by atoms with Gasteiger partial charge in [-0.15, -0.1) is 0 Å². The summed E-state index contributed by atoms with van der Waals surface area (Å²) in [6.07, 6.45) is 1.04. The van der Waals surface area contributed by atoms with Crippen molar-refractivity contribution in [2.24, 2.45) is 11.8 Å². The molecule has 0 saturated heterocycles. The zero-order valence-corrected chi connectivity index (χ0v) is 17.9. The van der Waals surface area contributed by atoms with Crippen molar-refractivity contribution in [3.63, 3.8) is 0 Å². The molecule has 1 aliphatic heterocycles. The fourth-order valence-corrected chi connectivity index (χ4v) is 5.07. The molecule has 31 heavy (non-hydrogen) atoms. The number of rotatable bonds is 4. The Kier molecular flexibility index (Phi) is 5.90. The average Bonchev–Trinajstić information content (AvgIpc) is 3.09. The normalized spacial score (nSPS) is 23.8. The van der Waals surface area contributed by atoms with Gasteiger partial charge in [0.05, 0.1) is 17.2 Å². The molecule has 1 aromatic carbocycles. The van der Waals surface area contributed by atoms with E-state index in [1.165, 1.54) is 6.20 Å². The monoisotopic (exact) mass is 452 g/mol. The Balaban J connectivity index is 1.43. The van der Waals surface area contributed by atoms with Crippen LogP contribution < -0.4 is 10.1 Å². The summed E-state index contributed by atoms with van der Waals surface area (Å²) in [7, 11) is 0. The van der Waals surface area contributed by atoms with Crippen LogP contribution in [-0.2, 0) is 16.4 Å². The first-order valence-electron chi connectivity index (χ1n) is 10.5. The summed E-state index contributed by atoms with van der Waals surface area (Å²) < 4.78 is 44.7. The molecule has 1 saturated carbocycles. The fourth-order valence-electron chi connectivity index (χ4n) is 4.96. The van der Waals surface area contributed by atoms with E-state index in [0.29, 0.717) is 29.6 Å². The number of carbonyl (C=O) groups excluding carboxylic acids is 1. The van der Waals surface area contributed by atoms with Gasteiger partial charge in [0.2, 0.25) is 5.91 Å². The number of fused-ring (bicyclic) bond motifs is 2. The number of alkyl halides is 3. The smallest absolute Gasteiger partial charge is 0.416 e. The lowest BCUT2D eigenvalue weighted by atomic mass is 9.65. The van der Waals surface area contributed by atoms with Gasteiger partial charge in [-0.2, -0.15) is 13.2 Å². The summed E-state index contributed by atoms with van der Waals surface area (Å²) in [6, 6.07) is 7.17. The minimum atomic E-state index is -4.38. The molecule has 0 bridgehead atoms. The van der Waals surface area contributed by atoms with Crippen LogP contribution in [0.3, 0.4) is 0 Å². The second kappa shape index (κ2) is 8.34. The first-order chi connectivity index (χ1) is 14.7. The van der Waals surface area contributed by atoms with Crippen LogP contribution in [0.4, 0.5) is 19.0 Å². The number of ether oxygens (including phenoxy) is 1. The van der Waals surface area contributed by atoms with E-state index in [4.69, 9.17) is 16.3 Å². The van der Waals surface area contributed by atoms with E-state index in [9.17, 15) is 18.0 Å². The minimum Gasteiger partial charge on any atom is -0.492 e. The summed E-state index contributed by atoms with van der Waals surface area (Å²) in [4.78, 5) is 17.0. The van der Waals surface area contributed by atoms with Gasteiger partial charge in [-0.1, -0.05) is 24.6 Å². The molecule has 2 aromatic rings. The summed E-state index contributed by atoms with van der Waals surface area (Å²) in [5.41, 5.74) is -0.0834. The number of carbonyl (C=O) groups is 1. The maximum absolute atomic E-state index is 13.0. The highest BCUT2D eigenvalue weighted by molar-refractivity contribution is 6.30. The molecule has 1 aromatic heterocycles. The number of pyridine rings is 1. The van der Waals surface area contributed by atoms with Crippen molar-refractivity contribution in [2.75, 3.05) is 11.9 Å². The third-order valence-corrected chi connectivity index (χ3v) is 6.92. The third-order valence-electron chi connectivity index (χ3n) is 6.70. The highest BCUT2D eigenvalue weighted by Crippen LogP contribution is 2.51. The van der Waals surface area contributed by atoms with Gasteiger partial charge >= 0.3 is 6.18 Å². The van der Waals surface area contributed by atoms with Crippen LogP contribution in [0, 0.1) is 11.8 Å². The molecule has 1 amide bonds. The highest BCUT2D eigenvalue weighted by Gasteiger charge is 2.46. The summed E-state index contributed by atoms with van der Waals surface area (Å²) in [6.45, 7) is 2.39. The average molecular weight is 453 g/mol. The minimum absolute atomic E-state index is 0.0591. The largest absolute Gasteiger partial charge is 0.492 e. The standard InChI is InChI=1S/C23H24ClF3N2O2/c1-2-17(21(30)29-20-6-4-16(24)12-28-20)14-7-9-22(10-8-14)13-31-19-11-15(23(25,26)27)3-5-18(19)22/h3-6,11-12,14,17H,2,7-10,13H2,1H3,(H,28,29,30)/t14-,17-,22+/m1/s1. The molecule has 166 valence electrons. The molecule has 1 fully saturated rings. The molecule has 2 aliphatic rings. The van der Waals surface area contributed by atoms with Crippen LogP contribution in [-0.4, -0.2) is 17.5 Å². The van der Waals surface area contributed by atoms with Gasteiger partial charge in [0.15, 0.2) is 0 Å². The summed E-state index contributed by atoms with van der Waals surface area (Å²) in [5, 5.41) is 3.38. The number of hydrogen-bond donors (Lipinski definition) is 1. The Morgan fingerprint density at radius 3 is 2.65 bits per heavy atom. The predicted octanol–water partition coefficient (Wildman–Crippen LogP) is 6.24. The van der Waals surface area contributed by atoms with Crippen molar-refractivity contribution >= 4 is 23.3 Å². The van der Waals surface area contributed by atoms with E-state index in [0.717, 1.165) is 43.4 Å². The predicted molar refractivity (Wildman–Crippen MR) is 112 cm³/mol. The van der Waals surface area contributed by atoms with Crippen molar-refractivity contribution in [3.05, 3.63) is 52.7 Å². The lowest BCUT2D eigenvalue weighted by Crippen LogP contribution is -2.38. The molecule has 8 heteroatoms. The van der Waals surface area contributed by atoms with Gasteiger partial charge in [-0.3, -0.25) is 4.79 Å². The Morgan fingerprint density at radius 2 is 2.03 bits per heavy atom. The Labute approximate surface area is 184 Å². The van der Waals surface area contributed by atoms with Crippen molar-refractivity contribution in [1.29, 1.82) is 0 Å². The summed E-state index contributed by atoms with van der Waals surface area (Å²) in [5.74, 6) is 0.812. The number of benzene rings is 1. The number of nitrogens with zero attached hydrogens (tertiary/aromatic N) is 1. The van der Waals surface area contributed by atoms with Crippen LogP contribution in [0.25, 0.3) is 0 Å². The molecule has 1 spiro atoms. The SMILES string of the molecule is CC[C@@H](C(=O)Nc1ccc(Cl)cn1)[C@H]1CC[C@@]2(CC1)COc1cc(C(F)(F)F)ccc12. The molecule has 1 atom stereocenters. The Hall–Kier alpha value is -2.28. The van der Waals surface area contributed by atoms with Crippen LogP contribution >= 0.6 is 11.6 Å². The maximum Gasteiger partial charge on any atom is 0.416 e. The van der Waals surface area contributed by atoms with Crippen molar-refractivity contribution in [2.45, 2.75) is 50.6 Å². The summed E-state index contributed by atoms with van der Waals surface area (Å²) >= 11 is 5.84. The quantitative estimate of drug-likeness (QED) is 0.597. The topological polar surface area (TPSA) is 51.2 Å². The number of hydrogen-bond acceptors (Lipinski definition) is 3. The van der Waals surface area contributed by atoms with Gasteiger partial charge in [0.25, 0.3) is 0 Å². The van der Waals surface area contributed by atoms with Gasteiger partial charge < -0.3 is 10.1 Å². The van der Waals surface area contributed by atoms with Crippen LogP contribution in [0.1, 0.15) is 50.2 Å². The third kappa shape index (κ3) is 4.38. The van der Waals surface area contributed by atoms with Gasteiger partial charge in [-0.25, -0.2) is 4.98 Å². The zero-order chi connectivity index (χ0) is 22.2. The zero-order valence-electron chi connectivity index (χ0n) is 17.1. The first kappa shape index (κ1) is 21.9. The van der Waals surface area contributed by atoms with Gasteiger partial charge in [-0.05, 0) is 62.3 Å². The molecule has 0 unspecified atom stereocenters. The number of halogens is 4.